The van der Waals surface area contributed by atoms with Crippen LogP contribution in [0.25, 0.3) is 0 Å². The van der Waals surface area contributed by atoms with E-state index in [9.17, 15) is 0 Å². The van der Waals surface area contributed by atoms with Crippen LogP contribution in [0.4, 0.5) is 0 Å². The highest BCUT2D eigenvalue weighted by atomic mass is 16.5. The zero-order valence-electron chi connectivity index (χ0n) is 11.3. The van der Waals surface area contributed by atoms with Gasteiger partial charge in [-0.25, -0.2) is 0 Å². The Balaban J connectivity index is 1.48. The topological polar surface area (TPSA) is 9.23 Å². The monoisotopic (exact) mass is 234 g/mol. The van der Waals surface area contributed by atoms with Crippen molar-refractivity contribution < 1.29 is 4.74 Å². The normalized spacial score (nSPS) is 54.9. The maximum atomic E-state index is 5.91. The highest BCUT2D eigenvalue weighted by Crippen LogP contribution is 2.68. The molecule has 1 nitrogen and oxygen atoms in total. The number of hydrogen-bond acceptors (Lipinski definition) is 1. The van der Waals surface area contributed by atoms with Gasteiger partial charge in [0.1, 0.15) is 0 Å². The summed E-state index contributed by atoms with van der Waals surface area (Å²) < 4.78 is 5.91. The van der Waals surface area contributed by atoms with Gasteiger partial charge in [0.25, 0.3) is 0 Å². The molecule has 7 atom stereocenters. The molecule has 6 unspecified atom stereocenters. The molecule has 0 spiro atoms. The first-order chi connectivity index (χ1) is 8.24. The predicted octanol–water partition coefficient (Wildman–Crippen LogP) is 3.73. The van der Waals surface area contributed by atoms with Crippen LogP contribution < -0.4 is 0 Å². The Hall–Kier alpha value is -0.0400. The summed E-state index contributed by atoms with van der Waals surface area (Å²) in [5, 5.41) is 0. The van der Waals surface area contributed by atoms with Gasteiger partial charge >= 0.3 is 0 Å². The fourth-order valence-corrected chi connectivity index (χ4v) is 6.21. The van der Waals surface area contributed by atoms with E-state index in [4.69, 9.17) is 4.74 Å². The molecule has 0 aliphatic heterocycles. The second kappa shape index (κ2) is 3.73. The molecule has 0 amide bonds. The van der Waals surface area contributed by atoms with Crippen molar-refractivity contribution in [3.63, 3.8) is 0 Å². The zero-order chi connectivity index (χ0) is 11.6. The molecule has 17 heavy (non-hydrogen) atoms. The van der Waals surface area contributed by atoms with Crippen molar-refractivity contribution >= 4 is 0 Å². The summed E-state index contributed by atoms with van der Waals surface area (Å²) in [5.74, 6) is 7.64. The van der Waals surface area contributed by atoms with E-state index in [0.717, 1.165) is 48.0 Å². The van der Waals surface area contributed by atoms with E-state index in [-0.39, 0.29) is 0 Å². The van der Waals surface area contributed by atoms with Crippen LogP contribution in [0.15, 0.2) is 0 Å². The highest BCUT2D eigenvalue weighted by molar-refractivity contribution is 5.10. The lowest BCUT2D eigenvalue weighted by molar-refractivity contribution is 0.00760. The zero-order valence-corrected chi connectivity index (χ0v) is 11.3. The molecule has 4 fully saturated rings. The van der Waals surface area contributed by atoms with E-state index in [2.05, 4.69) is 13.8 Å². The lowest BCUT2D eigenvalue weighted by Gasteiger charge is -2.38. The van der Waals surface area contributed by atoms with Crippen molar-refractivity contribution in [3.05, 3.63) is 0 Å². The molecule has 4 aliphatic rings. The molecule has 0 aromatic heterocycles. The van der Waals surface area contributed by atoms with Crippen molar-refractivity contribution in [1.29, 1.82) is 0 Å². The first-order valence-electron chi connectivity index (χ1n) is 7.85. The van der Waals surface area contributed by atoms with E-state index in [1.54, 1.807) is 25.7 Å². The van der Waals surface area contributed by atoms with Gasteiger partial charge in [0, 0.05) is 0 Å². The van der Waals surface area contributed by atoms with Gasteiger partial charge in [-0.3, -0.25) is 0 Å². The third-order valence-corrected chi connectivity index (χ3v) is 6.52. The molecule has 0 aromatic carbocycles. The molecule has 4 saturated carbocycles. The maximum Gasteiger partial charge on any atom is 0.0519 e. The van der Waals surface area contributed by atoms with Crippen LogP contribution >= 0.6 is 0 Å². The Kier molecular flexibility index (Phi) is 2.38. The summed E-state index contributed by atoms with van der Waals surface area (Å²) in [5.41, 5.74) is 0. The summed E-state index contributed by atoms with van der Waals surface area (Å²) in [7, 11) is 0. The van der Waals surface area contributed by atoms with E-state index < -0.39 is 0 Å². The lowest BCUT2D eigenvalue weighted by atomic mass is 9.68. The molecule has 4 bridgehead atoms. The first kappa shape index (κ1) is 10.8. The Bertz CT molecular complexity index is 311. The average Bonchev–Trinajstić information content (AvgIpc) is 3.03. The molecule has 0 saturated heterocycles. The van der Waals surface area contributed by atoms with E-state index in [0.29, 0.717) is 6.10 Å². The van der Waals surface area contributed by atoms with Gasteiger partial charge in [-0.1, -0.05) is 0 Å². The number of fused-ring (bicyclic) bond motifs is 9. The average molecular weight is 234 g/mol. The van der Waals surface area contributed by atoms with Crippen molar-refractivity contribution in [2.75, 3.05) is 6.61 Å². The number of hydrogen-bond donors (Lipinski definition) is 0. The molecule has 4 rings (SSSR count). The van der Waals surface area contributed by atoms with Gasteiger partial charge in [-0.15, -0.1) is 0 Å². The molecule has 96 valence electrons. The van der Waals surface area contributed by atoms with Crippen molar-refractivity contribution in [3.8, 4) is 0 Å². The molecular weight excluding hydrogens is 208 g/mol. The van der Waals surface area contributed by atoms with Crippen LogP contribution in [0.5, 0.6) is 0 Å². The summed E-state index contributed by atoms with van der Waals surface area (Å²) in [6.07, 6.45) is 8.22. The molecule has 0 heterocycles. The predicted molar refractivity (Wildman–Crippen MR) is 68.6 cm³/mol. The van der Waals surface area contributed by atoms with Crippen LogP contribution in [0.1, 0.15) is 46.0 Å². The summed E-state index contributed by atoms with van der Waals surface area (Å²) in [6, 6.07) is 0. The van der Waals surface area contributed by atoms with Gasteiger partial charge in [0.05, 0.1) is 12.7 Å². The third kappa shape index (κ3) is 1.47. The van der Waals surface area contributed by atoms with Crippen LogP contribution in [0.3, 0.4) is 0 Å². The van der Waals surface area contributed by atoms with Crippen LogP contribution in [0, 0.1) is 41.4 Å². The fraction of sp³-hybridized carbons (Fsp3) is 1.00. The second-order valence-corrected chi connectivity index (χ2v) is 7.53. The van der Waals surface area contributed by atoms with Gasteiger partial charge in [-0.05, 0) is 87.4 Å². The molecule has 0 radical (unpaired) electrons. The standard InChI is InChI=1S/C16H26O/c1-9(2)17-8-13-6-12-7-14(13)16-11-4-3-10(5-11)15(12)16/h9-16H,3-8H2,1-2H3/t10?,11?,12-,13?,14?,15?,16?/m0/s1. The van der Waals surface area contributed by atoms with Crippen LogP contribution in [-0.4, -0.2) is 12.7 Å². The Morgan fingerprint density at radius 1 is 0.941 bits per heavy atom. The van der Waals surface area contributed by atoms with Crippen LogP contribution in [0.2, 0.25) is 0 Å². The van der Waals surface area contributed by atoms with Gasteiger partial charge in [-0.2, -0.15) is 0 Å². The Morgan fingerprint density at radius 2 is 1.71 bits per heavy atom. The fourth-order valence-electron chi connectivity index (χ4n) is 6.21. The van der Waals surface area contributed by atoms with Gasteiger partial charge in [0.15, 0.2) is 0 Å². The Morgan fingerprint density at radius 3 is 2.47 bits per heavy atom. The van der Waals surface area contributed by atoms with Crippen LogP contribution in [-0.2, 0) is 4.74 Å². The van der Waals surface area contributed by atoms with Gasteiger partial charge in [0.2, 0.25) is 0 Å². The van der Waals surface area contributed by atoms with E-state index in [1.807, 2.05) is 0 Å². The molecule has 0 aromatic rings. The number of rotatable bonds is 3. The smallest absolute Gasteiger partial charge is 0.0519 e. The molecule has 0 N–H and O–H groups in total. The van der Waals surface area contributed by atoms with Crippen molar-refractivity contribution in [2.45, 2.75) is 52.1 Å². The molecular formula is C16H26O. The Labute approximate surface area is 105 Å². The van der Waals surface area contributed by atoms with Crippen molar-refractivity contribution in [2.24, 2.45) is 41.4 Å². The SMILES string of the molecule is CC(C)OCC1C[C@H]2CC1C1C3CCC(C3)C12. The third-order valence-electron chi connectivity index (χ3n) is 6.52. The largest absolute Gasteiger partial charge is 0.378 e. The lowest BCUT2D eigenvalue weighted by Crippen LogP contribution is -2.34. The minimum Gasteiger partial charge on any atom is -0.378 e. The first-order valence-corrected chi connectivity index (χ1v) is 7.85. The van der Waals surface area contributed by atoms with E-state index >= 15 is 0 Å². The molecule has 1 heteroatoms. The maximum absolute atomic E-state index is 5.91. The summed E-state index contributed by atoms with van der Waals surface area (Å²) >= 11 is 0. The van der Waals surface area contributed by atoms with Crippen molar-refractivity contribution in [1.82, 2.24) is 0 Å². The summed E-state index contributed by atoms with van der Waals surface area (Å²) in [6.45, 7) is 5.40. The minimum absolute atomic E-state index is 0.421. The highest BCUT2D eigenvalue weighted by Gasteiger charge is 2.61. The van der Waals surface area contributed by atoms with E-state index in [1.165, 1.54) is 6.42 Å². The quantitative estimate of drug-likeness (QED) is 0.676. The minimum atomic E-state index is 0.421. The number of ether oxygens (including phenoxy) is 1. The molecule has 4 aliphatic carbocycles. The second-order valence-electron chi connectivity index (χ2n) is 7.53. The summed E-state index contributed by atoms with van der Waals surface area (Å²) in [4.78, 5) is 0. The van der Waals surface area contributed by atoms with Gasteiger partial charge < -0.3 is 4.74 Å².